The predicted octanol–water partition coefficient (Wildman–Crippen LogP) is 4.61. The number of methoxy groups -OCH3 is 1. The minimum Gasteiger partial charge on any atom is -0.495 e. The maximum atomic E-state index is 12.3. The van der Waals surface area contributed by atoms with Crippen molar-refractivity contribution in [3.8, 4) is 17.0 Å². The lowest BCUT2D eigenvalue weighted by Crippen LogP contribution is -2.23. The number of nitrogens with one attached hydrogen (secondary N) is 2. The fourth-order valence-electron chi connectivity index (χ4n) is 3.51. The number of nitrogens with zero attached hydrogens (tertiary/aromatic N) is 1. The van der Waals surface area contributed by atoms with Crippen molar-refractivity contribution >= 4 is 22.9 Å². The molecule has 0 saturated heterocycles. The van der Waals surface area contributed by atoms with Gasteiger partial charge in [0.2, 0.25) is 5.91 Å². The first-order valence-electron chi connectivity index (χ1n) is 9.85. The summed E-state index contributed by atoms with van der Waals surface area (Å²) in [5.74, 6) is 0.658. The van der Waals surface area contributed by atoms with Crippen molar-refractivity contribution in [2.24, 2.45) is 0 Å². The Balaban J connectivity index is 1.39. The zero-order chi connectivity index (χ0) is 20.8. The second kappa shape index (κ2) is 9.09. The van der Waals surface area contributed by atoms with Crippen molar-refractivity contribution in [3.63, 3.8) is 0 Å². The molecule has 0 atom stereocenters. The Kier molecular flexibility index (Phi) is 5.90. The first-order valence-corrected chi connectivity index (χ1v) is 9.85. The molecule has 5 nitrogen and oxygen atoms in total. The minimum atomic E-state index is -0.123. The van der Waals surface area contributed by atoms with Crippen LogP contribution in [0.25, 0.3) is 28.2 Å². The summed E-state index contributed by atoms with van der Waals surface area (Å²) in [4.78, 5) is 19.9. The quantitative estimate of drug-likeness (QED) is 0.448. The van der Waals surface area contributed by atoms with Crippen LogP contribution >= 0.6 is 0 Å². The van der Waals surface area contributed by atoms with Crippen LogP contribution in [-0.2, 0) is 11.2 Å². The van der Waals surface area contributed by atoms with Gasteiger partial charge in [-0.05, 0) is 36.3 Å². The van der Waals surface area contributed by atoms with Crippen molar-refractivity contribution in [3.05, 3.63) is 90.3 Å². The van der Waals surface area contributed by atoms with E-state index in [1.54, 1.807) is 19.4 Å². The molecule has 1 amide bonds. The molecule has 0 spiro atoms. The fourth-order valence-corrected chi connectivity index (χ4v) is 3.51. The van der Waals surface area contributed by atoms with Gasteiger partial charge in [0.15, 0.2) is 0 Å². The highest BCUT2D eigenvalue weighted by Gasteiger charge is 2.07. The molecule has 0 saturated carbocycles. The summed E-state index contributed by atoms with van der Waals surface area (Å²) in [7, 11) is 1.64. The number of carbonyl (C=O) groups is 1. The number of carbonyl (C=O) groups excluding carboxylic acids is 1. The lowest BCUT2D eigenvalue weighted by Gasteiger charge is -2.09. The second-order valence-corrected chi connectivity index (χ2v) is 6.87. The van der Waals surface area contributed by atoms with Crippen LogP contribution in [0, 0.1) is 0 Å². The third-order valence-electron chi connectivity index (χ3n) is 5.00. The van der Waals surface area contributed by atoms with Crippen molar-refractivity contribution in [2.75, 3.05) is 13.7 Å². The lowest BCUT2D eigenvalue weighted by atomic mass is 10.0. The predicted molar refractivity (Wildman–Crippen MR) is 120 cm³/mol. The third kappa shape index (κ3) is 4.25. The molecule has 0 radical (unpaired) electrons. The summed E-state index contributed by atoms with van der Waals surface area (Å²) >= 11 is 0. The Labute approximate surface area is 175 Å². The largest absolute Gasteiger partial charge is 0.495 e. The van der Waals surface area contributed by atoms with Gasteiger partial charge in [0.25, 0.3) is 0 Å². The van der Waals surface area contributed by atoms with Crippen molar-refractivity contribution in [2.45, 2.75) is 6.42 Å². The Morgan fingerprint density at radius 1 is 1.10 bits per heavy atom. The molecule has 30 heavy (non-hydrogen) atoms. The van der Waals surface area contributed by atoms with E-state index >= 15 is 0 Å². The first-order chi connectivity index (χ1) is 14.8. The Hall–Kier alpha value is -3.86. The number of benzene rings is 2. The van der Waals surface area contributed by atoms with Crippen LogP contribution in [-0.4, -0.2) is 29.5 Å². The van der Waals surface area contributed by atoms with Gasteiger partial charge in [-0.3, -0.25) is 9.78 Å². The number of ether oxygens (including phenoxy) is 1. The van der Waals surface area contributed by atoms with E-state index in [9.17, 15) is 4.79 Å². The smallest absolute Gasteiger partial charge is 0.244 e. The van der Waals surface area contributed by atoms with E-state index in [1.807, 2.05) is 60.8 Å². The molecule has 2 aromatic carbocycles. The van der Waals surface area contributed by atoms with Gasteiger partial charge in [-0.25, -0.2) is 0 Å². The van der Waals surface area contributed by atoms with Crippen LogP contribution in [0.2, 0.25) is 0 Å². The summed E-state index contributed by atoms with van der Waals surface area (Å²) in [6.07, 6.45) is 7.78. The van der Waals surface area contributed by atoms with Gasteiger partial charge in [0.05, 0.1) is 18.3 Å². The van der Waals surface area contributed by atoms with Crippen LogP contribution < -0.4 is 10.1 Å². The van der Waals surface area contributed by atoms with E-state index in [2.05, 4.69) is 27.4 Å². The number of amides is 1. The maximum Gasteiger partial charge on any atom is 0.244 e. The van der Waals surface area contributed by atoms with Crippen LogP contribution in [0.1, 0.15) is 11.1 Å². The molecule has 0 aliphatic rings. The Morgan fingerprint density at radius 3 is 2.80 bits per heavy atom. The average molecular weight is 397 g/mol. The summed E-state index contributed by atoms with van der Waals surface area (Å²) in [6, 6.07) is 19.9. The fraction of sp³-hybridized carbons (Fsp3) is 0.120. The molecule has 2 heterocycles. The van der Waals surface area contributed by atoms with E-state index < -0.39 is 0 Å². The summed E-state index contributed by atoms with van der Waals surface area (Å²) in [6.45, 7) is 0.550. The van der Waals surface area contributed by atoms with Crippen LogP contribution in [0.15, 0.2) is 79.1 Å². The molecular weight excluding hydrogens is 374 g/mol. The van der Waals surface area contributed by atoms with E-state index in [0.29, 0.717) is 6.54 Å². The molecule has 2 aromatic heterocycles. The Morgan fingerprint density at radius 2 is 1.97 bits per heavy atom. The average Bonchev–Trinajstić information content (AvgIpc) is 3.22. The number of rotatable bonds is 7. The standard InChI is InChI=1S/C25H23N3O2/c1-30-23-11-6-9-21-19(17-28-25(21)23)12-13-24(29)27-16-14-18-7-2-3-8-20(18)22-10-4-5-15-26-22/h2-13,15,17,28H,14,16H2,1H3,(H,27,29)/b13-12+. The lowest BCUT2D eigenvalue weighted by molar-refractivity contribution is -0.116. The van der Waals surface area contributed by atoms with Crippen LogP contribution in [0.4, 0.5) is 0 Å². The molecule has 0 bridgehead atoms. The minimum absolute atomic E-state index is 0.123. The number of H-pyrrole nitrogens is 1. The number of aromatic nitrogens is 2. The molecule has 0 aliphatic carbocycles. The highest BCUT2D eigenvalue weighted by atomic mass is 16.5. The van der Waals surface area contributed by atoms with Gasteiger partial charge in [-0.1, -0.05) is 42.5 Å². The van der Waals surface area contributed by atoms with Gasteiger partial charge in [0, 0.05) is 41.5 Å². The van der Waals surface area contributed by atoms with Gasteiger partial charge >= 0.3 is 0 Å². The summed E-state index contributed by atoms with van der Waals surface area (Å²) in [5, 5.41) is 3.98. The maximum absolute atomic E-state index is 12.3. The summed E-state index contributed by atoms with van der Waals surface area (Å²) in [5.41, 5.74) is 5.06. The van der Waals surface area contributed by atoms with Crippen LogP contribution in [0.3, 0.4) is 0 Å². The molecule has 2 N–H and O–H groups in total. The monoisotopic (exact) mass is 397 g/mol. The summed E-state index contributed by atoms with van der Waals surface area (Å²) < 4.78 is 5.36. The topological polar surface area (TPSA) is 67.0 Å². The molecule has 0 aliphatic heterocycles. The molecular formula is C25H23N3O2. The number of hydrogen-bond donors (Lipinski definition) is 2. The number of aromatic amines is 1. The number of hydrogen-bond acceptors (Lipinski definition) is 3. The normalized spacial score (nSPS) is 11.1. The molecule has 0 fully saturated rings. The Bertz CT molecular complexity index is 1180. The third-order valence-corrected chi connectivity index (χ3v) is 5.00. The number of fused-ring (bicyclic) bond motifs is 1. The highest BCUT2D eigenvalue weighted by molar-refractivity contribution is 5.97. The molecule has 5 heteroatoms. The SMILES string of the molecule is COc1cccc2c(/C=C/C(=O)NCCc3ccccc3-c3ccccn3)c[nH]c12. The van der Waals surface area contributed by atoms with Gasteiger partial charge in [-0.2, -0.15) is 0 Å². The zero-order valence-electron chi connectivity index (χ0n) is 16.8. The molecule has 150 valence electrons. The van der Waals surface area contributed by atoms with E-state index in [0.717, 1.165) is 45.5 Å². The number of pyridine rings is 1. The van der Waals surface area contributed by atoms with E-state index in [-0.39, 0.29) is 5.91 Å². The zero-order valence-corrected chi connectivity index (χ0v) is 16.8. The second-order valence-electron chi connectivity index (χ2n) is 6.87. The highest BCUT2D eigenvalue weighted by Crippen LogP contribution is 2.27. The molecule has 4 rings (SSSR count). The first kappa shape index (κ1) is 19.5. The molecule has 4 aromatic rings. The van der Waals surface area contributed by atoms with E-state index in [1.165, 1.54) is 0 Å². The van der Waals surface area contributed by atoms with Gasteiger partial charge in [0.1, 0.15) is 5.75 Å². The van der Waals surface area contributed by atoms with E-state index in [4.69, 9.17) is 4.74 Å². The van der Waals surface area contributed by atoms with Crippen molar-refractivity contribution < 1.29 is 9.53 Å². The van der Waals surface area contributed by atoms with Crippen molar-refractivity contribution in [1.82, 2.24) is 15.3 Å². The van der Waals surface area contributed by atoms with Gasteiger partial charge in [-0.15, -0.1) is 0 Å². The van der Waals surface area contributed by atoms with Crippen LogP contribution in [0.5, 0.6) is 5.75 Å². The molecule has 0 unspecified atom stereocenters. The number of para-hydroxylation sites is 1. The van der Waals surface area contributed by atoms with Crippen molar-refractivity contribution in [1.29, 1.82) is 0 Å². The van der Waals surface area contributed by atoms with Gasteiger partial charge < -0.3 is 15.0 Å².